The lowest BCUT2D eigenvalue weighted by Gasteiger charge is -2.21. The highest BCUT2D eigenvalue weighted by molar-refractivity contribution is 6.21. The van der Waals surface area contributed by atoms with Gasteiger partial charge in [0, 0.05) is 31.8 Å². The topological polar surface area (TPSA) is 42.4 Å². The van der Waals surface area contributed by atoms with Crippen LogP contribution in [0.3, 0.4) is 0 Å². The highest BCUT2D eigenvalue weighted by Gasteiger charge is 2.18. The molecule has 1 aromatic heterocycles. The predicted octanol–water partition coefficient (Wildman–Crippen LogP) is 2.87. The number of nitrogens with zero attached hydrogens (tertiary/aromatic N) is 2. The quantitative estimate of drug-likeness (QED) is 0.798. The van der Waals surface area contributed by atoms with Gasteiger partial charge in [0.15, 0.2) is 0 Å². The zero-order chi connectivity index (χ0) is 15.4. The molecule has 1 aromatic carbocycles. The van der Waals surface area contributed by atoms with Crippen molar-refractivity contribution in [3.8, 4) is 0 Å². The van der Waals surface area contributed by atoms with Crippen molar-refractivity contribution in [3.05, 3.63) is 41.6 Å². The van der Waals surface area contributed by atoms with Gasteiger partial charge in [-0.15, -0.1) is 11.6 Å². The number of aryl methyl sites for hydroxylation is 1. The summed E-state index contributed by atoms with van der Waals surface area (Å²) in [4.78, 5) is 18.7. The third-order valence-corrected chi connectivity index (χ3v) is 3.50. The molecule has 0 aliphatic rings. The van der Waals surface area contributed by atoms with Crippen LogP contribution in [0.4, 0.5) is 0 Å². The standard InChI is InChI=1S/C16H19ClN2O2/c1-11-8-14(13-6-4-5-7-15(13)18-11)16(20)19(2)9-12(17)10-21-3/h4-8,12H,9-10H2,1-3H3. The fourth-order valence-corrected chi connectivity index (χ4v) is 2.64. The van der Waals surface area contributed by atoms with Crippen LogP contribution in [0.15, 0.2) is 30.3 Å². The van der Waals surface area contributed by atoms with Crippen LogP contribution in [0.25, 0.3) is 10.9 Å². The summed E-state index contributed by atoms with van der Waals surface area (Å²) >= 11 is 6.13. The molecule has 0 saturated carbocycles. The van der Waals surface area contributed by atoms with Gasteiger partial charge in [0.25, 0.3) is 5.91 Å². The fraction of sp³-hybridized carbons (Fsp3) is 0.375. The number of ether oxygens (including phenoxy) is 1. The Labute approximate surface area is 129 Å². The van der Waals surface area contributed by atoms with Crippen LogP contribution in [-0.2, 0) is 4.74 Å². The van der Waals surface area contributed by atoms with Crippen molar-refractivity contribution in [1.82, 2.24) is 9.88 Å². The van der Waals surface area contributed by atoms with E-state index in [4.69, 9.17) is 16.3 Å². The molecule has 112 valence electrons. The van der Waals surface area contributed by atoms with Crippen molar-refractivity contribution in [3.63, 3.8) is 0 Å². The van der Waals surface area contributed by atoms with Gasteiger partial charge in [0.2, 0.25) is 0 Å². The molecule has 2 aromatic rings. The number of para-hydroxylation sites is 1. The molecule has 1 heterocycles. The number of alkyl halides is 1. The van der Waals surface area contributed by atoms with Gasteiger partial charge in [0.05, 0.1) is 23.1 Å². The molecule has 2 rings (SSSR count). The number of methoxy groups -OCH3 is 1. The molecule has 0 N–H and O–H groups in total. The van der Waals surface area contributed by atoms with E-state index in [0.717, 1.165) is 16.6 Å². The average Bonchev–Trinajstić information content (AvgIpc) is 2.45. The van der Waals surface area contributed by atoms with Crippen LogP contribution in [0.1, 0.15) is 16.1 Å². The van der Waals surface area contributed by atoms with E-state index in [9.17, 15) is 4.79 Å². The zero-order valence-corrected chi connectivity index (χ0v) is 13.2. The van der Waals surface area contributed by atoms with Crippen LogP contribution in [0, 0.1) is 6.92 Å². The SMILES string of the molecule is COCC(Cl)CN(C)C(=O)c1cc(C)nc2ccccc12. The second-order valence-electron chi connectivity index (χ2n) is 5.07. The first-order valence-corrected chi connectivity index (χ1v) is 7.21. The Morgan fingerprint density at radius 2 is 2.14 bits per heavy atom. The molecule has 0 radical (unpaired) electrons. The molecule has 0 saturated heterocycles. The number of amides is 1. The average molecular weight is 307 g/mol. The van der Waals surface area contributed by atoms with E-state index in [1.807, 2.05) is 37.3 Å². The van der Waals surface area contributed by atoms with E-state index in [1.165, 1.54) is 0 Å². The number of benzene rings is 1. The largest absolute Gasteiger partial charge is 0.383 e. The zero-order valence-electron chi connectivity index (χ0n) is 12.5. The summed E-state index contributed by atoms with van der Waals surface area (Å²) in [7, 11) is 3.34. The minimum Gasteiger partial charge on any atom is -0.383 e. The van der Waals surface area contributed by atoms with E-state index < -0.39 is 0 Å². The lowest BCUT2D eigenvalue weighted by molar-refractivity contribution is 0.0783. The first-order chi connectivity index (χ1) is 10.0. The number of aromatic nitrogens is 1. The first kappa shape index (κ1) is 15.7. The summed E-state index contributed by atoms with van der Waals surface area (Å²) in [6, 6.07) is 9.47. The summed E-state index contributed by atoms with van der Waals surface area (Å²) in [5, 5.41) is 0.635. The number of halogens is 1. The Kier molecular flexibility index (Phi) is 5.15. The molecule has 0 aliphatic heterocycles. The molecule has 1 unspecified atom stereocenters. The third-order valence-electron chi connectivity index (χ3n) is 3.24. The Bertz CT molecular complexity index is 645. The Hall–Kier alpha value is -1.65. The molecule has 0 spiro atoms. The number of fused-ring (bicyclic) bond motifs is 1. The van der Waals surface area contributed by atoms with Gasteiger partial charge in [-0.25, -0.2) is 0 Å². The smallest absolute Gasteiger partial charge is 0.254 e. The third kappa shape index (κ3) is 3.71. The van der Waals surface area contributed by atoms with Gasteiger partial charge in [0.1, 0.15) is 0 Å². The molecule has 1 amide bonds. The molecule has 0 bridgehead atoms. The summed E-state index contributed by atoms with van der Waals surface area (Å²) < 4.78 is 5.00. The minimum atomic E-state index is -0.224. The van der Waals surface area contributed by atoms with E-state index in [2.05, 4.69) is 4.98 Å². The van der Waals surface area contributed by atoms with Gasteiger partial charge < -0.3 is 9.64 Å². The Morgan fingerprint density at radius 3 is 2.86 bits per heavy atom. The van der Waals surface area contributed by atoms with Gasteiger partial charge in [-0.3, -0.25) is 9.78 Å². The molecular weight excluding hydrogens is 288 g/mol. The van der Waals surface area contributed by atoms with Crippen LogP contribution in [0.5, 0.6) is 0 Å². The monoisotopic (exact) mass is 306 g/mol. The number of rotatable bonds is 5. The highest BCUT2D eigenvalue weighted by Crippen LogP contribution is 2.19. The minimum absolute atomic E-state index is 0.0570. The molecule has 1 atom stereocenters. The lowest BCUT2D eigenvalue weighted by atomic mass is 10.1. The Morgan fingerprint density at radius 1 is 1.43 bits per heavy atom. The van der Waals surface area contributed by atoms with E-state index in [0.29, 0.717) is 18.7 Å². The summed E-state index contributed by atoms with van der Waals surface area (Å²) in [5.74, 6) is -0.0570. The molecular formula is C16H19ClN2O2. The fourth-order valence-electron chi connectivity index (χ4n) is 2.30. The molecule has 4 nitrogen and oxygen atoms in total. The molecule has 21 heavy (non-hydrogen) atoms. The summed E-state index contributed by atoms with van der Waals surface area (Å²) in [6.07, 6.45) is 0. The maximum absolute atomic E-state index is 12.6. The number of hydrogen-bond donors (Lipinski definition) is 0. The van der Waals surface area contributed by atoms with Gasteiger partial charge in [-0.05, 0) is 19.1 Å². The first-order valence-electron chi connectivity index (χ1n) is 6.77. The van der Waals surface area contributed by atoms with Gasteiger partial charge in [-0.2, -0.15) is 0 Å². The lowest BCUT2D eigenvalue weighted by Crippen LogP contribution is -2.34. The summed E-state index contributed by atoms with van der Waals surface area (Å²) in [5.41, 5.74) is 2.31. The van der Waals surface area contributed by atoms with E-state index in [1.54, 1.807) is 19.1 Å². The van der Waals surface area contributed by atoms with Crippen molar-refractivity contribution in [2.75, 3.05) is 27.3 Å². The molecule has 0 aliphatic carbocycles. The molecule has 5 heteroatoms. The highest BCUT2D eigenvalue weighted by atomic mass is 35.5. The molecule has 0 fully saturated rings. The maximum atomic E-state index is 12.6. The maximum Gasteiger partial charge on any atom is 0.254 e. The van der Waals surface area contributed by atoms with E-state index in [-0.39, 0.29) is 11.3 Å². The van der Waals surface area contributed by atoms with Gasteiger partial charge in [-0.1, -0.05) is 18.2 Å². The second-order valence-corrected chi connectivity index (χ2v) is 5.68. The van der Waals surface area contributed by atoms with Crippen molar-refractivity contribution in [1.29, 1.82) is 0 Å². The van der Waals surface area contributed by atoms with Crippen LogP contribution >= 0.6 is 11.6 Å². The second kappa shape index (κ2) is 6.87. The number of hydrogen-bond acceptors (Lipinski definition) is 3. The van der Waals surface area contributed by atoms with Crippen molar-refractivity contribution < 1.29 is 9.53 Å². The Balaban J connectivity index is 2.30. The number of carbonyl (C=O) groups excluding carboxylic acids is 1. The van der Waals surface area contributed by atoms with Crippen LogP contribution in [0.2, 0.25) is 0 Å². The van der Waals surface area contributed by atoms with Crippen LogP contribution in [-0.4, -0.2) is 48.5 Å². The van der Waals surface area contributed by atoms with Gasteiger partial charge >= 0.3 is 0 Å². The number of pyridine rings is 1. The van der Waals surface area contributed by atoms with E-state index >= 15 is 0 Å². The normalized spacial score (nSPS) is 12.4. The number of carbonyl (C=O) groups is 1. The van der Waals surface area contributed by atoms with Crippen molar-refractivity contribution in [2.45, 2.75) is 12.3 Å². The summed E-state index contributed by atoms with van der Waals surface area (Å²) in [6.45, 7) is 2.73. The van der Waals surface area contributed by atoms with Crippen LogP contribution < -0.4 is 0 Å². The van der Waals surface area contributed by atoms with Crippen molar-refractivity contribution >= 4 is 28.4 Å². The van der Waals surface area contributed by atoms with Crippen molar-refractivity contribution in [2.24, 2.45) is 0 Å². The predicted molar refractivity (Wildman–Crippen MR) is 85.0 cm³/mol.